The lowest BCUT2D eigenvalue weighted by Crippen LogP contribution is -2.14. The van der Waals surface area contributed by atoms with E-state index in [1.165, 1.54) is 5.56 Å². The van der Waals surface area contributed by atoms with Crippen LogP contribution in [0.5, 0.6) is 0 Å². The molecule has 2 aromatic carbocycles. The maximum absolute atomic E-state index is 12.2. The summed E-state index contributed by atoms with van der Waals surface area (Å²) in [6, 6.07) is 17.6. The molecule has 3 nitrogen and oxygen atoms in total. The second-order valence-electron chi connectivity index (χ2n) is 5.08. The molecule has 104 valence electrons. The second-order valence-corrected chi connectivity index (χ2v) is 5.08. The van der Waals surface area contributed by atoms with Crippen LogP contribution in [-0.4, -0.2) is 10.9 Å². The van der Waals surface area contributed by atoms with Crippen LogP contribution in [0.4, 0.5) is 5.69 Å². The maximum atomic E-state index is 12.2. The van der Waals surface area contributed by atoms with Crippen molar-refractivity contribution in [2.45, 2.75) is 13.3 Å². The van der Waals surface area contributed by atoms with Crippen LogP contribution in [0.2, 0.25) is 0 Å². The fourth-order valence-electron chi connectivity index (χ4n) is 2.33. The van der Waals surface area contributed by atoms with E-state index in [-0.39, 0.29) is 5.91 Å². The summed E-state index contributed by atoms with van der Waals surface area (Å²) in [5, 5.41) is 3.97. The Morgan fingerprint density at radius 1 is 1.05 bits per heavy atom. The van der Waals surface area contributed by atoms with E-state index in [1.807, 2.05) is 61.5 Å². The van der Waals surface area contributed by atoms with Gasteiger partial charge in [-0.2, -0.15) is 0 Å². The van der Waals surface area contributed by atoms with Gasteiger partial charge in [-0.05, 0) is 30.7 Å². The first-order chi connectivity index (χ1) is 10.2. The van der Waals surface area contributed by atoms with Crippen molar-refractivity contribution < 1.29 is 4.79 Å². The number of amides is 1. The highest BCUT2D eigenvalue weighted by Crippen LogP contribution is 2.17. The Balaban J connectivity index is 1.79. The highest BCUT2D eigenvalue weighted by Gasteiger charge is 2.08. The first-order valence-corrected chi connectivity index (χ1v) is 6.91. The van der Waals surface area contributed by atoms with Gasteiger partial charge >= 0.3 is 0 Å². The molecule has 0 atom stereocenters. The van der Waals surface area contributed by atoms with Crippen molar-refractivity contribution in [3.8, 4) is 0 Å². The van der Waals surface area contributed by atoms with E-state index in [4.69, 9.17) is 0 Å². The molecule has 0 aliphatic rings. The van der Waals surface area contributed by atoms with Crippen molar-refractivity contribution in [1.82, 2.24) is 4.98 Å². The van der Waals surface area contributed by atoms with E-state index < -0.39 is 0 Å². The number of carbonyl (C=O) groups excluding carboxylic acids is 1. The van der Waals surface area contributed by atoms with Crippen LogP contribution in [0, 0.1) is 6.92 Å². The standard InChI is InChI=1S/C18H16N2O/c1-13-7-9-16(10-8-13)20-17(21)12-15-5-2-4-14-6-3-11-19-18(14)15/h2-11H,12H2,1H3,(H,20,21). The molecule has 0 aliphatic carbocycles. The zero-order valence-electron chi connectivity index (χ0n) is 11.8. The van der Waals surface area contributed by atoms with Crippen LogP contribution in [0.3, 0.4) is 0 Å². The minimum atomic E-state index is -0.0305. The molecule has 1 amide bonds. The molecule has 1 N–H and O–H groups in total. The molecule has 3 rings (SSSR count). The lowest BCUT2D eigenvalue weighted by atomic mass is 10.1. The zero-order valence-corrected chi connectivity index (χ0v) is 11.8. The lowest BCUT2D eigenvalue weighted by molar-refractivity contribution is -0.115. The van der Waals surface area contributed by atoms with Crippen molar-refractivity contribution in [3.05, 3.63) is 71.9 Å². The van der Waals surface area contributed by atoms with Crippen LogP contribution < -0.4 is 5.32 Å². The van der Waals surface area contributed by atoms with Gasteiger partial charge in [0.1, 0.15) is 0 Å². The minimum Gasteiger partial charge on any atom is -0.326 e. The first kappa shape index (κ1) is 13.3. The van der Waals surface area contributed by atoms with Gasteiger partial charge in [-0.1, -0.05) is 42.0 Å². The number of fused-ring (bicyclic) bond motifs is 1. The number of para-hydroxylation sites is 1. The van der Waals surface area contributed by atoms with Crippen molar-refractivity contribution in [2.24, 2.45) is 0 Å². The molecule has 1 heterocycles. The van der Waals surface area contributed by atoms with E-state index in [2.05, 4.69) is 10.3 Å². The van der Waals surface area contributed by atoms with Gasteiger partial charge < -0.3 is 5.32 Å². The molecular weight excluding hydrogens is 260 g/mol. The predicted octanol–water partition coefficient (Wildman–Crippen LogP) is 3.72. The summed E-state index contributed by atoms with van der Waals surface area (Å²) < 4.78 is 0. The van der Waals surface area contributed by atoms with E-state index >= 15 is 0 Å². The fraction of sp³-hybridized carbons (Fsp3) is 0.111. The summed E-state index contributed by atoms with van der Waals surface area (Å²) in [6.45, 7) is 2.02. The van der Waals surface area contributed by atoms with Gasteiger partial charge in [-0.15, -0.1) is 0 Å². The van der Waals surface area contributed by atoms with Crippen LogP contribution in [0.15, 0.2) is 60.8 Å². The molecule has 0 saturated heterocycles. The normalized spacial score (nSPS) is 10.5. The number of aromatic nitrogens is 1. The quantitative estimate of drug-likeness (QED) is 0.792. The third kappa shape index (κ3) is 3.08. The topological polar surface area (TPSA) is 42.0 Å². The van der Waals surface area contributed by atoms with E-state index in [0.717, 1.165) is 22.2 Å². The smallest absolute Gasteiger partial charge is 0.228 e. The summed E-state index contributed by atoms with van der Waals surface area (Å²) in [7, 11) is 0. The number of anilines is 1. The number of aryl methyl sites for hydroxylation is 1. The van der Waals surface area contributed by atoms with Crippen molar-refractivity contribution in [2.75, 3.05) is 5.32 Å². The fourth-order valence-corrected chi connectivity index (χ4v) is 2.33. The predicted molar refractivity (Wildman–Crippen MR) is 85.3 cm³/mol. The summed E-state index contributed by atoms with van der Waals surface area (Å²) in [5.41, 5.74) is 3.82. The van der Waals surface area contributed by atoms with Gasteiger partial charge in [-0.3, -0.25) is 9.78 Å². The lowest BCUT2D eigenvalue weighted by Gasteiger charge is -2.07. The molecule has 21 heavy (non-hydrogen) atoms. The third-order valence-electron chi connectivity index (χ3n) is 3.40. The number of pyridine rings is 1. The second kappa shape index (κ2) is 5.75. The van der Waals surface area contributed by atoms with Gasteiger partial charge in [0.2, 0.25) is 5.91 Å². The number of hydrogen-bond acceptors (Lipinski definition) is 2. The van der Waals surface area contributed by atoms with Gasteiger partial charge in [0, 0.05) is 17.3 Å². The largest absolute Gasteiger partial charge is 0.326 e. The molecule has 3 aromatic rings. The molecule has 0 unspecified atom stereocenters. The number of rotatable bonds is 3. The number of benzene rings is 2. The Morgan fingerprint density at radius 3 is 2.62 bits per heavy atom. The van der Waals surface area contributed by atoms with E-state index in [9.17, 15) is 4.79 Å². The SMILES string of the molecule is Cc1ccc(NC(=O)Cc2cccc3cccnc23)cc1. The molecule has 0 spiro atoms. The van der Waals surface area contributed by atoms with Crippen LogP contribution in [-0.2, 0) is 11.2 Å². The summed E-state index contributed by atoms with van der Waals surface area (Å²) >= 11 is 0. The van der Waals surface area contributed by atoms with Crippen molar-refractivity contribution in [3.63, 3.8) is 0 Å². The zero-order chi connectivity index (χ0) is 14.7. The van der Waals surface area contributed by atoms with E-state index in [0.29, 0.717) is 6.42 Å². The first-order valence-electron chi connectivity index (χ1n) is 6.91. The molecule has 0 saturated carbocycles. The highest BCUT2D eigenvalue weighted by molar-refractivity contribution is 5.95. The average Bonchev–Trinajstić information content (AvgIpc) is 2.50. The Labute approximate surface area is 123 Å². The number of nitrogens with one attached hydrogen (secondary N) is 1. The third-order valence-corrected chi connectivity index (χ3v) is 3.40. The Hall–Kier alpha value is -2.68. The van der Waals surface area contributed by atoms with Gasteiger partial charge in [0.25, 0.3) is 0 Å². The molecule has 0 radical (unpaired) electrons. The number of nitrogens with zero attached hydrogens (tertiary/aromatic N) is 1. The summed E-state index contributed by atoms with van der Waals surface area (Å²) in [4.78, 5) is 16.5. The van der Waals surface area contributed by atoms with E-state index in [1.54, 1.807) is 6.20 Å². The summed E-state index contributed by atoms with van der Waals surface area (Å²) in [5.74, 6) is -0.0305. The maximum Gasteiger partial charge on any atom is 0.228 e. The van der Waals surface area contributed by atoms with Gasteiger partial charge in [0.15, 0.2) is 0 Å². The molecule has 0 fully saturated rings. The minimum absolute atomic E-state index is 0.0305. The Bertz CT molecular complexity index is 773. The monoisotopic (exact) mass is 276 g/mol. The van der Waals surface area contributed by atoms with Crippen molar-refractivity contribution in [1.29, 1.82) is 0 Å². The molecular formula is C18H16N2O. The number of hydrogen-bond donors (Lipinski definition) is 1. The molecule has 3 heteroatoms. The van der Waals surface area contributed by atoms with Crippen LogP contribution in [0.1, 0.15) is 11.1 Å². The molecule has 0 bridgehead atoms. The Morgan fingerprint density at radius 2 is 1.81 bits per heavy atom. The molecule has 1 aromatic heterocycles. The summed E-state index contributed by atoms with van der Waals surface area (Å²) in [6.07, 6.45) is 2.08. The van der Waals surface area contributed by atoms with Gasteiger partial charge in [0.05, 0.1) is 11.9 Å². The average molecular weight is 276 g/mol. The Kier molecular flexibility index (Phi) is 3.65. The molecule has 0 aliphatic heterocycles. The van der Waals surface area contributed by atoms with Gasteiger partial charge in [-0.25, -0.2) is 0 Å². The van der Waals surface area contributed by atoms with Crippen LogP contribution >= 0.6 is 0 Å². The van der Waals surface area contributed by atoms with Crippen LogP contribution in [0.25, 0.3) is 10.9 Å². The highest BCUT2D eigenvalue weighted by atomic mass is 16.1. The number of carbonyl (C=O) groups is 1. The van der Waals surface area contributed by atoms with Crippen molar-refractivity contribution >= 4 is 22.5 Å².